The molecule has 0 aliphatic rings. The van der Waals surface area contributed by atoms with Gasteiger partial charge in [0.25, 0.3) is 0 Å². The summed E-state index contributed by atoms with van der Waals surface area (Å²) in [4.78, 5) is 0. The Labute approximate surface area is 95.9 Å². The van der Waals surface area contributed by atoms with Crippen LogP contribution in [0.1, 0.15) is 25.8 Å². The van der Waals surface area contributed by atoms with Gasteiger partial charge in [-0.15, -0.1) is 0 Å². The molecule has 0 aromatic heterocycles. The standard InChI is InChI=1S/C13H19F2N/c1-13(2,4-5-16-3)9-10-6-11(14)8-12(15)7-10/h6-8,16H,4-5,9H2,1-3H3. The van der Waals surface area contributed by atoms with Gasteiger partial charge in [0.05, 0.1) is 0 Å². The van der Waals surface area contributed by atoms with E-state index in [1.54, 1.807) is 0 Å². The Morgan fingerprint density at radius 3 is 2.19 bits per heavy atom. The van der Waals surface area contributed by atoms with Crippen LogP contribution in [-0.4, -0.2) is 13.6 Å². The molecule has 0 aliphatic heterocycles. The minimum atomic E-state index is -0.501. The number of halogens is 2. The van der Waals surface area contributed by atoms with Gasteiger partial charge in [-0.1, -0.05) is 13.8 Å². The van der Waals surface area contributed by atoms with Crippen LogP contribution >= 0.6 is 0 Å². The normalized spacial score (nSPS) is 11.8. The molecule has 1 N–H and O–H groups in total. The van der Waals surface area contributed by atoms with Crippen molar-refractivity contribution < 1.29 is 8.78 Å². The van der Waals surface area contributed by atoms with E-state index in [1.165, 1.54) is 12.1 Å². The molecule has 1 nitrogen and oxygen atoms in total. The van der Waals surface area contributed by atoms with Crippen LogP contribution in [0.3, 0.4) is 0 Å². The van der Waals surface area contributed by atoms with E-state index in [4.69, 9.17) is 0 Å². The maximum Gasteiger partial charge on any atom is 0.126 e. The highest BCUT2D eigenvalue weighted by Crippen LogP contribution is 2.26. The summed E-state index contributed by atoms with van der Waals surface area (Å²) in [5.41, 5.74) is 0.766. The highest BCUT2D eigenvalue weighted by Gasteiger charge is 2.18. The quantitative estimate of drug-likeness (QED) is 0.814. The molecular formula is C13H19F2N. The molecule has 0 radical (unpaired) electrons. The Balaban J connectivity index is 2.71. The van der Waals surface area contributed by atoms with Crippen LogP contribution in [0, 0.1) is 17.0 Å². The van der Waals surface area contributed by atoms with E-state index in [0.29, 0.717) is 6.42 Å². The first-order chi connectivity index (χ1) is 7.43. The first kappa shape index (κ1) is 13.1. The predicted octanol–water partition coefficient (Wildman–Crippen LogP) is 3.14. The van der Waals surface area contributed by atoms with Crippen molar-refractivity contribution in [1.82, 2.24) is 5.32 Å². The van der Waals surface area contributed by atoms with Crippen molar-refractivity contribution >= 4 is 0 Å². The molecule has 90 valence electrons. The summed E-state index contributed by atoms with van der Waals surface area (Å²) >= 11 is 0. The second-order valence-corrected chi connectivity index (χ2v) is 4.97. The number of benzene rings is 1. The third-order valence-electron chi connectivity index (χ3n) is 2.66. The Morgan fingerprint density at radius 2 is 1.69 bits per heavy atom. The van der Waals surface area contributed by atoms with Gasteiger partial charge in [-0.2, -0.15) is 0 Å². The molecule has 0 spiro atoms. The summed E-state index contributed by atoms with van der Waals surface area (Å²) in [6.07, 6.45) is 1.66. The molecule has 1 rings (SSSR count). The van der Waals surface area contributed by atoms with Crippen LogP contribution in [0.2, 0.25) is 0 Å². The molecule has 1 aromatic carbocycles. The molecule has 16 heavy (non-hydrogen) atoms. The molecular weight excluding hydrogens is 208 g/mol. The van der Waals surface area contributed by atoms with Crippen molar-refractivity contribution in [3.63, 3.8) is 0 Å². The summed E-state index contributed by atoms with van der Waals surface area (Å²) in [5, 5.41) is 3.08. The number of nitrogens with one attached hydrogen (secondary N) is 1. The van der Waals surface area contributed by atoms with Crippen molar-refractivity contribution in [2.24, 2.45) is 5.41 Å². The maximum atomic E-state index is 13.0. The van der Waals surface area contributed by atoms with Gasteiger partial charge in [-0.3, -0.25) is 0 Å². The van der Waals surface area contributed by atoms with Gasteiger partial charge in [0.15, 0.2) is 0 Å². The lowest BCUT2D eigenvalue weighted by molar-refractivity contribution is 0.328. The minimum Gasteiger partial charge on any atom is -0.320 e. The van der Waals surface area contributed by atoms with Gasteiger partial charge < -0.3 is 5.32 Å². The minimum absolute atomic E-state index is 0.0449. The van der Waals surface area contributed by atoms with Gasteiger partial charge in [0.1, 0.15) is 11.6 Å². The van der Waals surface area contributed by atoms with Crippen LogP contribution in [0.4, 0.5) is 8.78 Å². The molecule has 0 saturated heterocycles. The molecule has 0 heterocycles. The average molecular weight is 227 g/mol. The van der Waals surface area contributed by atoms with E-state index in [2.05, 4.69) is 19.2 Å². The van der Waals surface area contributed by atoms with Crippen molar-refractivity contribution in [2.45, 2.75) is 26.7 Å². The third kappa shape index (κ3) is 4.27. The number of rotatable bonds is 5. The van der Waals surface area contributed by atoms with E-state index in [0.717, 1.165) is 24.6 Å². The SMILES string of the molecule is CNCCC(C)(C)Cc1cc(F)cc(F)c1. The van der Waals surface area contributed by atoms with E-state index >= 15 is 0 Å². The Morgan fingerprint density at radius 1 is 1.12 bits per heavy atom. The molecule has 0 amide bonds. The fraction of sp³-hybridized carbons (Fsp3) is 0.538. The summed E-state index contributed by atoms with van der Waals surface area (Å²) in [6.45, 7) is 5.12. The second kappa shape index (κ2) is 5.39. The summed E-state index contributed by atoms with van der Waals surface area (Å²) in [7, 11) is 1.90. The van der Waals surface area contributed by atoms with Gasteiger partial charge in [-0.05, 0) is 49.5 Å². The Kier molecular flexibility index (Phi) is 4.42. The fourth-order valence-electron chi connectivity index (χ4n) is 1.82. The van der Waals surface area contributed by atoms with E-state index < -0.39 is 11.6 Å². The van der Waals surface area contributed by atoms with Crippen LogP contribution in [0.25, 0.3) is 0 Å². The Hall–Kier alpha value is -0.960. The van der Waals surface area contributed by atoms with Crippen LogP contribution in [-0.2, 0) is 6.42 Å². The molecule has 0 fully saturated rings. The zero-order valence-corrected chi connectivity index (χ0v) is 10.1. The van der Waals surface area contributed by atoms with Gasteiger partial charge in [0, 0.05) is 6.07 Å². The van der Waals surface area contributed by atoms with Crippen LogP contribution in [0.5, 0.6) is 0 Å². The molecule has 0 atom stereocenters. The monoisotopic (exact) mass is 227 g/mol. The summed E-state index contributed by atoms with van der Waals surface area (Å²) < 4.78 is 26.0. The summed E-state index contributed by atoms with van der Waals surface area (Å²) in [6, 6.07) is 3.72. The van der Waals surface area contributed by atoms with Crippen molar-refractivity contribution in [1.29, 1.82) is 0 Å². The zero-order valence-electron chi connectivity index (χ0n) is 10.1. The molecule has 0 bridgehead atoms. The smallest absolute Gasteiger partial charge is 0.126 e. The van der Waals surface area contributed by atoms with Crippen molar-refractivity contribution in [2.75, 3.05) is 13.6 Å². The lowest BCUT2D eigenvalue weighted by Gasteiger charge is -2.24. The lowest BCUT2D eigenvalue weighted by atomic mass is 9.82. The predicted molar refractivity (Wildman–Crippen MR) is 62.4 cm³/mol. The van der Waals surface area contributed by atoms with Gasteiger partial charge >= 0.3 is 0 Å². The molecule has 0 aliphatic carbocycles. The van der Waals surface area contributed by atoms with E-state index in [-0.39, 0.29) is 5.41 Å². The largest absolute Gasteiger partial charge is 0.320 e. The number of hydrogen-bond acceptors (Lipinski definition) is 1. The topological polar surface area (TPSA) is 12.0 Å². The molecule has 0 unspecified atom stereocenters. The Bertz CT molecular complexity index is 328. The van der Waals surface area contributed by atoms with E-state index in [9.17, 15) is 8.78 Å². The average Bonchev–Trinajstić information content (AvgIpc) is 2.12. The highest BCUT2D eigenvalue weighted by atomic mass is 19.1. The first-order valence-electron chi connectivity index (χ1n) is 5.52. The maximum absolute atomic E-state index is 13.0. The van der Waals surface area contributed by atoms with Crippen LogP contribution < -0.4 is 5.32 Å². The van der Waals surface area contributed by atoms with Crippen LogP contribution in [0.15, 0.2) is 18.2 Å². The molecule has 0 saturated carbocycles. The fourth-order valence-corrected chi connectivity index (χ4v) is 1.82. The lowest BCUT2D eigenvalue weighted by Crippen LogP contribution is -2.21. The molecule has 1 aromatic rings. The highest BCUT2D eigenvalue weighted by molar-refractivity contribution is 5.19. The van der Waals surface area contributed by atoms with Crippen molar-refractivity contribution in [3.8, 4) is 0 Å². The van der Waals surface area contributed by atoms with Gasteiger partial charge in [0.2, 0.25) is 0 Å². The van der Waals surface area contributed by atoms with Gasteiger partial charge in [-0.25, -0.2) is 8.78 Å². The van der Waals surface area contributed by atoms with Crippen molar-refractivity contribution in [3.05, 3.63) is 35.4 Å². The van der Waals surface area contributed by atoms with E-state index in [1.807, 2.05) is 7.05 Å². The summed E-state index contributed by atoms with van der Waals surface area (Å²) in [5.74, 6) is -1.00. The first-order valence-corrected chi connectivity index (χ1v) is 5.52. The molecule has 3 heteroatoms. The second-order valence-electron chi connectivity index (χ2n) is 4.97. The zero-order chi connectivity index (χ0) is 12.2. The third-order valence-corrected chi connectivity index (χ3v) is 2.66. The number of hydrogen-bond donors (Lipinski definition) is 1.